The molecule has 0 bridgehead atoms. The number of nitrogens with one attached hydrogen (secondary N) is 1. The standard InChI is InChI=1S/C16H26N2O2S/c1-4-12-9-14(17)13(5-2)15(10-12)21(19,20)18-11-16(6-3)7-8-16/h9-10,18H,4-8,11,17H2,1-3H3. The van der Waals surface area contributed by atoms with Crippen molar-refractivity contribution in [2.45, 2.75) is 57.8 Å². The number of benzene rings is 1. The Balaban J connectivity index is 2.32. The van der Waals surface area contributed by atoms with Gasteiger partial charge in [0.25, 0.3) is 0 Å². The first-order chi connectivity index (χ1) is 9.87. The van der Waals surface area contributed by atoms with Crippen LogP contribution in [-0.2, 0) is 22.9 Å². The number of anilines is 1. The van der Waals surface area contributed by atoms with Gasteiger partial charge in [-0.05, 0) is 60.8 Å². The zero-order valence-corrected chi connectivity index (χ0v) is 14.0. The lowest BCUT2D eigenvalue weighted by atomic mass is 10.1. The molecule has 0 heterocycles. The minimum atomic E-state index is -3.49. The topological polar surface area (TPSA) is 72.2 Å². The van der Waals surface area contributed by atoms with Crippen molar-refractivity contribution in [1.29, 1.82) is 0 Å². The number of hydrogen-bond donors (Lipinski definition) is 2. The molecule has 118 valence electrons. The van der Waals surface area contributed by atoms with Crippen molar-refractivity contribution in [3.05, 3.63) is 23.3 Å². The third kappa shape index (κ3) is 3.40. The lowest BCUT2D eigenvalue weighted by molar-refractivity contribution is 0.475. The summed E-state index contributed by atoms with van der Waals surface area (Å²) in [6, 6.07) is 3.65. The van der Waals surface area contributed by atoms with E-state index < -0.39 is 10.0 Å². The normalized spacial score (nSPS) is 16.9. The monoisotopic (exact) mass is 310 g/mol. The highest BCUT2D eigenvalue weighted by molar-refractivity contribution is 7.89. The van der Waals surface area contributed by atoms with Gasteiger partial charge in [0.15, 0.2) is 0 Å². The van der Waals surface area contributed by atoms with Gasteiger partial charge in [0.1, 0.15) is 0 Å². The third-order valence-electron chi connectivity index (χ3n) is 4.70. The van der Waals surface area contributed by atoms with Gasteiger partial charge in [-0.2, -0.15) is 0 Å². The second kappa shape index (κ2) is 5.97. The van der Waals surface area contributed by atoms with E-state index in [4.69, 9.17) is 5.73 Å². The smallest absolute Gasteiger partial charge is 0.240 e. The Kier molecular flexibility index (Phi) is 4.63. The van der Waals surface area contributed by atoms with Crippen molar-refractivity contribution >= 4 is 15.7 Å². The minimum absolute atomic E-state index is 0.188. The molecule has 1 fully saturated rings. The van der Waals surface area contributed by atoms with E-state index >= 15 is 0 Å². The molecule has 1 aromatic rings. The van der Waals surface area contributed by atoms with E-state index in [1.807, 2.05) is 19.9 Å². The van der Waals surface area contributed by atoms with E-state index in [1.54, 1.807) is 6.07 Å². The van der Waals surface area contributed by atoms with Crippen LogP contribution in [-0.4, -0.2) is 15.0 Å². The van der Waals surface area contributed by atoms with E-state index in [2.05, 4.69) is 11.6 Å². The maximum atomic E-state index is 12.7. The van der Waals surface area contributed by atoms with Crippen molar-refractivity contribution in [3.8, 4) is 0 Å². The largest absolute Gasteiger partial charge is 0.398 e. The number of hydrogen-bond acceptors (Lipinski definition) is 3. The number of rotatable bonds is 7. The average Bonchev–Trinajstić information content (AvgIpc) is 3.25. The molecular weight excluding hydrogens is 284 g/mol. The molecule has 0 aliphatic heterocycles. The summed E-state index contributed by atoms with van der Waals surface area (Å²) < 4.78 is 28.1. The number of aryl methyl sites for hydroxylation is 1. The molecule has 0 spiro atoms. The Morgan fingerprint density at radius 2 is 1.86 bits per heavy atom. The predicted octanol–water partition coefficient (Wildman–Crippen LogP) is 2.86. The Labute approximate surface area is 128 Å². The zero-order chi connectivity index (χ0) is 15.7. The highest BCUT2D eigenvalue weighted by Crippen LogP contribution is 2.48. The minimum Gasteiger partial charge on any atom is -0.398 e. The molecule has 5 heteroatoms. The highest BCUT2D eigenvalue weighted by atomic mass is 32.2. The maximum Gasteiger partial charge on any atom is 0.240 e. The summed E-state index contributed by atoms with van der Waals surface area (Å²) in [6.45, 7) is 6.59. The van der Waals surface area contributed by atoms with Crippen LogP contribution >= 0.6 is 0 Å². The summed E-state index contributed by atoms with van der Waals surface area (Å²) >= 11 is 0. The second-order valence-electron chi connectivity index (χ2n) is 6.05. The summed E-state index contributed by atoms with van der Waals surface area (Å²) in [5.74, 6) is 0. The molecule has 3 N–H and O–H groups in total. The van der Waals surface area contributed by atoms with Crippen LogP contribution in [0, 0.1) is 5.41 Å². The number of nitrogens with two attached hydrogens (primary N) is 1. The van der Waals surface area contributed by atoms with Crippen molar-refractivity contribution in [1.82, 2.24) is 4.72 Å². The van der Waals surface area contributed by atoms with Crippen LogP contribution in [0.2, 0.25) is 0 Å². The fraction of sp³-hybridized carbons (Fsp3) is 0.625. The van der Waals surface area contributed by atoms with Crippen LogP contribution in [0.3, 0.4) is 0 Å². The van der Waals surface area contributed by atoms with Gasteiger partial charge in [-0.15, -0.1) is 0 Å². The van der Waals surface area contributed by atoms with Crippen molar-refractivity contribution in [3.63, 3.8) is 0 Å². The lowest BCUT2D eigenvalue weighted by Crippen LogP contribution is -2.31. The molecule has 1 aliphatic carbocycles. The van der Waals surface area contributed by atoms with Gasteiger partial charge in [-0.25, -0.2) is 13.1 Å². The summed E-state index contributed by atoms with van der Waals surface area (Å²) in [5.41, 5.74) is 8.48. The Morgan fingerprint density at radius 3 is 2.33 bits per heavy atom. The lowest BCUT2D eigenvalue weighted by Gasteiger charge is -2.17. The molecule has 0 atom stereocenters. The summed E-state index contributed by atoms with van der Waals surface area (Å²) in [5, 5.41) is 0. The molecule has 0 amide bonds. The molecule has 0 aromatic heterocycles. The molecule has 1 aromatic carbocycles. The van der Waals surface area contributed by atoms with E-state index in [1.165, 1.54) is 0 Å². The van der Waals surface area contributed by atoms with Crippen LogP contribution in [0.4, 0.5) is 5.69 Å². The van der Waals surface area contributed by atoms with Crippen molar-refractivity contribution in [2.24, 2.45) is 5.41 Å². The molecule has 0 radical (unpaired) electrons. The molecule has 1 saturated carbocycles. The number of sulfonamides is 1. The van der Waals surface area contributed by atoms with Gasteiger partial charge in [-0.3, -0.25) is 0 Å². The van der Waals surface area contributed by atoms with E-state index in [9.17, 15) is 8.42 Å². The Hall–Kier alpha value is -1.07. The molecule has 0 unspecified atom stereocenters. The summed E-state index contributed by atoms with van der Waals surface area (Å²) in [7, 11) is -3.49. The van der Waals surface area contributed by atoms with Gasteiger partial charge in [-0.1, -0.05) is 20.8 Å². The maximum absolute atomic E-state index is 12.7. The van der Waals surface area contributed by atoms with Crippen LogP contribution < -0.4 is 10.5 Å². The fourth-order valence-electron chi connectivity index (χ4n) is 2.71. The molecule has 0 saturated heterocycles. The van der Waals surface area contributed by atoms with E-state index in [0.717, 1.165) is 36.8 Å². The molecule has 1 aliphatic rings. The third-order valence-corrected chi connectivity index (χ3v) is 6.17. The van der Waals surface area contributed by atoms with Gasteiger partial charge in [0, 0.05) is 12.2 Å². The van der Waals surface area contributed by atoms with E-state index in [-0.39, 0.29) is 5.41 Å². The van der Waals surface area contributed by atoms with Gasteiger partial charge in [0.2, 0.25) is 10.0 Å². The first-order valence-corrected chi connectivity index (χ1v) is 9.26. The van der Waals surface area contributed by atoms with Gasteiger partial charge in [0.05, 0.1) is 4.90 Å². The number of nitrogen functional groups attached to an aromatic ring is 1. The highest BCUT2D eigenvalue weighted by Gasteiger charge is 2.41. The molecule has 4 nitrogen and oxygen atoms in total. The zero-order valence-electron chi connectivity index (χ0n) is 13.2. The quantitative estimate of drug-likeness (QED) is 0.761. The van der Waals surface area contributed by atoms with Gasteiger partial charge >= 0.3 is 0 Å². The summed E-state index contributed by atoms with van der Waals surface area (Å²) in [6.07, 6.45) is 4.64. The van der Waals surface area contributed by atoms with Crippen LogP contribution in [0.1, 0.15) is 51.2 Å². The molecule has 21 heavy (non-hydrogen) atoms. The Morgan fingerprint density at radius 1 is 1.19 bits per heavy atom. The average molecular weight is 310 g/mol. The van der Waals surface area contributed by atoms with Gasteiger partial charge < -0.3 is 5.73 Å². The SMILES string of the molecule is CCc1cc(N)c(CC)c(S(=O)(=O)NCC2(CC)CC2)c1. The summed E-state index contributed by atoms with van der Waals surface area (Å²) in [4.78, 5) is 0.355. The predicted molar refractivity (Wildman–Crippen MR) is 86.8 cm³/mol. The Bertz CT molecular complexity index is 619. The fourth-order valence-corrected chi connectivity index (χ4v) is 4.25. The van der Waals surface area contributed by atoms with Crippen molar-refractivity contribution in [2.75, 3.05) is 12.3 Å². The van der Waals surface area contributed by atoms with Crippen molar-refractivity contribution < 1.29 is 8.42 Å². The first kappa shape index (κ1) is 16.3. The van der Waals surface area contributed by atoms with Crippen LogP contribution in [0.15, 0.2) is 17.0 Å². The second-order valence-corrected chi connectivity index (χ2v) is 7.78. The first-order valence-electron chi connectivity index (χ1n) is 7.78. The molecular formula is C16H26N2O2S. The molecule has 2 rings (SSSR count). The van der Waals surface area contributed by atoms with Crippen LogP contribution in [0.25, 0.3) is 0 Å². The van der Waals surface area contributed by atoms with E-state index in [0.29, 0.717) is 23.5 Å². The van der Waals surface area contributed by atoms with Crippen LogP contribution in [0.5, 0.6) is 0 Å².